The summed E-state index contributed by atoms with van der Waals surface area (Å²) in [5.41, 5.74) is 0.962. The predicted octanol–water partition coefficient (Wildman–Crippen LogP) is 0.943. The van der Waals surface area contributed by atoms with E-state index in [1.807, 2.05) is 35.2 Å². The van der Waals surface area contributed by atoms with Gasteiger partial charge in [-0.1, -0.05) is 18.2 Å². The highest BCUT2D eigenvalue weighted by atomic mass is 16.4. The van der Waals surface area contributed by atoms with Crippen molar-refractivity contribution in [3.63, 3.8) is 0 Å². The second-order valence-corrected chi connectivity index (χ2v) is 3.88. The van der Waals surface area contributed by atoms with Crippen LogP contribution >= 0.6 is 0 Å². The molecule has 6 nitrogen and oxygen atoms in total. The Morgan fingerprint density at radius 2 is 2.00 bits per heavy atom. The van der Waals surface area contributed by atoms with Crippen LogP contribution in [0.1, 0.15) is 0 Å². The summed E-state index contributed by atoms with van der Waals surface area (Å²) in [6.45, 7) is 1.19. The molecule has 1 aromatic carbocycles. The van der Waals surface area contributed by atoms with Crippen LogP contribution in [0, 0.1) is 4.91 Å². The topological polar surface area (TPSA) is 73.2 Å². The lowest BCUT2D eigenvalue weighted by Gasteiger charge is -2.37. The highest BCUT2D eigenvalue weighted by Crippen LogP contribution is 2.18. The van der Waals surface area contributed by atoms with Crippen molar-refractivity contribution in [3.8, 4) is 0 Å². The predicted molar refractivity (Wildman–Crippen MR) is 62.6 cm³/mol. The quantitative estimate of drug-likeness (QED) is 0.789. The Labute approximate surface area is 98.4 Å². The molecule has 2 rings (SSSR count). The number of benzene rings is 1. The number of rotatable bonds is 3. The van der Waals surface area contributed by atoms with Gasteiger partial charge >= 0.3 is 5.97 Å². The second-order valence-electron chi connectivity index (χ2n) is 3.88. The standard InChI is InChI=1S/C11H13N3O3/c15-11(16)10-8-13(6-7-14(10)12-17)9-4-2-1-3-5-9/h1-5,10H,6-8H2,(H,15,16). The molecule has 1 N–H and O–H groups in total. The van der Waals surface area contributed by atoms with E-state index in [1.54, 1.807) is 0 Å². The largest absolute Gasteiger partial charge is 0.480 e. The van der Waals surface area contributed by atoms with Crippen LogP contribution in [0.3, 0.4) is 0 Å². The molecule has 1 atom stereocenters. The summed E-state index contributed by atoms with van der Waals surface area (Å²) in [6, 6.07) is 8.67. The average Bonchev–Trinajstić information content (AvgIpc) is 2.39. The van der Waals surface area contributed by atoms with Gasteiger partial charge < -0.3 is 10.0 Å². The summed E-state index contributed by atoms with van der Waals surface area (Å²) in [4.78, 5) is 23.5. The van der Waals surface area contributed by atoms with Gasteiger partial charge in [0.1, 0.15) is 0 Å². The van der Waals surface area contributed by atoms with E-state index in [0.717, 1.165) is 10.7 Å². The Bertz CT molecular complexity index is 410. The van der Waals surface area contributed by atoms with Gasteiger partial charge in [-0.15, -0.1) is 4.91 Å². The van der Waals surface area contributed by atoms with Crippen molar-refractivity contribution in [3.05, 3.63) is 35.2 Å². The van der Waals surface area contributed by atoms with Gasteiger partial charge in [0.25, 0.3) is 0 Å². The fourth-order valence-corrected chi connectivity index (χ4v) is 1.95. The summed E-state index contributed by atoms with van der Waals surface area (Å²) in [7, 11) is 0. The van der Waals surface area contributed by atoms with Gasteiger partial charge in [-0.3, -0.25) is 0 Å². The smallest absolute Gasteiger partial charge is 0.330 e. The van der Waals surface area contributed by atoms with E-state index in [2.05, 4.69) is 5.29 Å². The molecule has 0 spiro atoms. The molecule has 0 aliphatic carbocycles. The molecule has 1 aliphatic heterocycles. The van der Waals surface area contributed by atoms with Crippen LogP contribution in [0.15, 0.2) is 35.6 Å². The molecule has 1 heterocycles. The van der Waals surface area contributed by atoms with Crippen molar-refractivity contribution in [2.75, 3.05) is 24.5 Å². The minimum Gasteiger partial charge on any atom is -0.480 e. The number of para-hydroxylation sites is 1. The zero-order valence-corrected chi connectivity index (χ0v) is 9.19. The van der Waals surface area contributed by atoms with Gasteiger partial charge in [0.15, 0.2) is 6.04 Å². The van der Waals surface area contributed by atoms with Gasteiger partial charge in [-0.2, -0.15) is 0 Å². The monoisotopic (exact) mass is 235 g/mol. The molecule has 1 unspecified atom stereocenters. The first-order valence-corrected chi connectivity index (χ1v) is 5.35. The van der Waals surface area contributed by atoms with E-state index in [0.29, 0.717) is 13.1 Å². The molecule has 17 heavy (non-hydrogen) atoms. The first kappa shape index (κ1) is 11.4. The molecule has 6 heteroatoms. The summed E-state index contributed by atoms with van der Waals surface area (Å²) in [5.74, 6) is -1.02. The fourth-order valence-electron chi connectivity index (χ4n) is 1.95. The van der Waals surface area contributed by atoms with Gasteiger partial charge in [-0.25, -0.2) is 9.80 Å². The number of carbonyl (C=O) groups is 1. The summed E-state index contributed by atoms with van der Waals surface area (Å²) < 4.78 is 0. The molecule has 0 aromatic heterocycles. The third kappa shape index (κ3) is 2.35. The Morgan fingerprint density at radius 1 is 1.29 bits per heavy atom. The average molecular weight is 235 g/mol. The van der Waals surface area contributed by atoms with Crippen molar-refractivity contribution >= 4 is 11.7 Å². The molecule has 0 saturated carbocycles. The van der Waals surface area contributed by atoms with Crippen molar-refractivity contribution < 1.29 is 9.90 Å². The zero-order valence-electron chi connectivity index (χ0n) is 9.19. The second kappa shape index (κ2) is 4.82. The number of hydrogen-bond donors (Lipinski definition) is 1. The minimum atomic E-state index is -1.02. The van der Waals surface area contributed by atoms with Crippen LogP contribution in [0.2, 0.25) is 0 Å². The number of piperazine rings is 1. The molecular formula is C11H13N3O3. The van der Waals surface area contributed by atoms with Crippen LogP contribution in [0.4, 0.5) is 5.69 Å². The lowest BCUT2D eigenvalue weighted by atomic mass is 10.1. The first-order valence-electron chi connectivity index (χ1n) is 5.35. The maximum absolute atomic E-state index is 11.0. The maximum atomic E-state index is 11.0. The molecule has 90 valence electrons. The number of aliphatic carboxylic acids is 1. The molecule has 0 amide bonds. The number of carboxylic acids is 1. The maximum Gasteiger partial charge on any atom is 0.330 e. The van der Waals surface area contributed by atoms with Crippen LogP contribution in [-0.4, -0.2) is 41.8 Å². The molecular weight excluding hydrogens is 222 g/mol. The van der Waals surface area contributed by atoms with Crippen LogP contribution in [0.5, 0.6) is 0 Å². The molecule has 1 aromatic rings. The Hall–Kier alpha value is -2.11. The Kier molecular flexibility index (Phi) is 3.22. The minimum absolute atomic E-state index is 0.269. The van der Waals surface area contributed by atoms with Gasteiger partial charge in [0, 0.05) is 12.2 Å². The third-order valence-corrected chi connectivity index (χ3v) is 2.86. The first-order chi connectivity index (χ1) is 8.22. The number of carboxylic acid groups (broad SMARTS) is 1. The van der Waals surface area contributed by atoms with Crippen molar-refractivity contribution in [1.29, 1.82) is 0 Å². The molecule has 0 radical (unpaired) electrons. The van der Waals surface area contributed by atoms with Crippen LogP contribution in [0.25, 0.3) is 0 Å². The number of nitroso groups, excluding NO2 is 1. The van der Waals surface area contributed by atoms with E-state index in [9.17, 15) is 9.70 Å². The van der Waals surface area contributed by atoms with Crippen LogP contribution in [-0.2, 0) is 4.79 Å². The van der Waals surface area contributed by atoms with E-state index in [4.69, 9.17) is 5.11 Å². The Balaban J connectivity index is 2.14. The molecule has 1 fully saturated rings. The highest BCUT2D eigenvalue weighted by molar-refractivity contribution is 5.75. The van der Waals surface area contributed by atoms with E-state index >= 15 is 0 Å². The normalized spacial score (nSPS) is 20.1. The van der Waals surface area contributed by atoms with Crippen LogP contribution < -0.4 is 4.90 Å². The van der Waals surface area contributed by atoms with Gasteiger partial charge in [-0.05, 0) is 12.1 Å². The van der Waals surface area contributed by atoms with Gasteiger partial charge in [0.05, 0.1) is 18.4 Å². The lowest BCUT2D eigenvalue weighted by molar-refractivity contribution is -0.143. The molecule has 1 aliphatic rings. The third-order valence-electron chi connectivity index (χ3n) is 2.86. The number of nitrogens with zero attached hydrogens (tertiary/aromatic N) is 3. The summed E-state index contributed by atoms with van der Waals surface area (Å²) in [6.07, 6.45) is 0. The zero-order chi connectivity index (χ0) is 12.3. The van der Waals surface area contributed by atoms with E-state index in [1.165, 1.54) is 0 Å². The van der Waals surface area contributed by atoms with Crippen molar-refractivity contribution in [2.45, 2.75) is 6.04 Å². The summed E-state index contributed by atoms with van der Waals surface area (Å²) in [5, 5.41) is 12.9. The summed E-state index contributed by atoms with van der Waals surface area (Å²) >= 11 is 0. The molecule has 1 saturated heterocycles. The lowest BCUT2D eigenvalue weighted by Crippen LogP contribution is -2.54. The number of anilines is 1. The highest BCUT2D eigenvalue weighted by Gasteiger charge is 2.32. The fraction of sp³-hybridized carbons (Fsp3) is 0.364. The Morgan fingerprint density at radius 3 is 2.59 bits per heavy atom. The number of hydrogen-bond acceptors (Lipinski definition) is 4. The molecule has 0 bridgehead atoms. The van der Waals surface area contributed by atoms with Crippen molar-refractivity contribution in [2.24, 2.45) is 5.29 Å². The SMILES string of the molecule is O=NN1CCN(c2ccccc2)CC1C(=O)O. The van der Waals surface area contributed by atoms with E-state index < -0.39 is 12.0 Å². The van der Waals surface area contributed by atoms with E-state index in [-0.39, 0.29) is 6.54 Å². The van der Waals surface area contributed by atoms with Crippen molar-refractivity contribution in [1.82, 2.24) is 5.01 Å². The van der Waals surface area contributed by atoms with Gasteiger partial charge in [0.2, 0.25) is 0 Å².